The number of rotatable bonds is 2. The fourth-order valence-electron chi connectivity index (χ4n) is 5.32. The fourth-order valence-corrected chi connectivity index (χ4v) is 5.32. The number of aromatic nitrogens is 1. The van der Waals surface area contributed by atoms with Gasteiger partial charge >= 0.3 is 0 Å². The van der Waals surface area contributed by atoms with Gasteiger partial charge in [0.15, 0.2) is 11.5 Å². The monoisotopic (exact) mass is 368 g/mol. The summed E-state index contributed by atoms with van der Waals surface area (Å²) in [7, 11) is 0. The van der Waals surface area contributed by atoms with E-state index in [1.807, 2.05) is 13.8 Å². The molecular formula is C22H28N2O3. The quantitative estimate of drug-likeness (QED) is 0.784. The summed E-state index contributed by atoms with van der Waals surface area (Å²) < 4.78 is 17.2. The van der Waals surface area contributed by atoms with Crippen molar-refractivity contribution >= 4 is 0 Å². The molecule has 5 rings (SSSR count). The van der Waals surface area contributed by atoms with Gasteiger partial charge in [-0.1, -0.05) is 18.0 Å². The largest absolute Gasteiger partial charge is 0.486 e. The molecule has 2 aromatic rings. The van der Waals surface area contributed by atoms with Crippen molar-refractivity contribution in [3.63, 3.8) is 0 Å². The number of benzene rings is 1. The van der Waals surface area contributed by atoms with Crippen molar-refractivity contribution < 1.29 is 14.0 Å². The molecule has 3 aliphatic rings. The van der Waals surface area contributed by atoms with Gasteiger partial charge in [-0.05, 0) is 56.9 Å². The maximum Gasteiger partial charge on any atom is 0.161 e. The van der Waals surface area contributed by atoms with Gasteiger partial charge in [0, 0.05) is 30.1 Å². The van der Waals surface area contributed by atoms with Crippen molar-refractivity contribution in [2.45, 2.75) is 64.5 Å². The van der Waals surface area contributed by atoms with Crippen LogP contribution in [0, 0.1) is 13.8 Å². The minimum absolute atomic E-state index is 0.233. The third kappa shape index (κ3) is 2.66. The van der Waals surface area contributed by atoms with Gasteiger partial charge in [0.25, 0.3) is 0 Å². The van der Waals surface area contributed by atoms with Gasteiger partial charge in [-0.25, -0.2) is 0 Å². The molecule has 1 unspecified atom stereocenters. The minimum Gasteiger partial charge on any atom is -0.486 e. The average molecular weight is 368 g/mol. The number of nitrogens with zero attached hydrogens (tertiary/aromatic N) is 2. The van der Waals surface area contributed by atoms with E-state index in [2.05, 4.69) is 29.1 Å². The molecule has 3 heterocycles. The second-order valence-corrected chi connectivity index (χ2v) is 8.45. The maximum atomic E-state index is 5.91. The second kappa shape index (κ2) is 6.26. The van der Waals surface area contributed by atoms with Crippen LogP contribution in [0.15, 0.2) is 16.7 Å². The lowest BCUT2D eigenvalue weighted by atomic mass is 9.71. The van der Waals surface area contributed by atoms with Crippen LogP contribution in [0.25, 0.3) is 0 Å². The smallest absolute Gasteiger partial charge is 0.161 e. The molecule has 0 bridgehead atoms. The fraction of sp³-hybridized carbons (Fsp3) is 0.591. The highest BCUT2D eigenvalue weighted by atomic mass is 16.6. The lowest BCUT2D eigenvalue weighted by molar-refractivity contribution is 0.124. The molecule has 0 radical (unpaired) electrons. The van der Waals surface area contributed by atoms with Gasteiger partial charge in [0.1, 0.15) is 19.0 Å². The molecule has 1 atom stereocenters. The number of fused-ring (bicyclic) bond motifs is 3. The predicted octanol–water partition coefficient (Wildman–Crippen LogP) is 4.45. The van der Waals surface area contributed by atoms with Crippen molar-refractivity contribution in [1.82, 2.24) is 10.1 Å². The Morgan fingerprint density at radius 1 is 1.11 bits per heavy atom. The van der Waals surface area contributed by atoms with Crippen LogP contribution in [-0.2, 0) is 12.0 Å². The predicted molar refractivity (Wildman–Crippen MR) is 102 cm³/mol. The van der Waals surface area contributed by atoms with Crippen molar-refractivity contribution in [2.75, 3.05) is 19.8 Å². The average Bonchev–Trinajstić information content (AvgIpc) is 3.27. The number of hydrogen-bond donors (Lipinski definition) is 0. The summed E-state index contributed by atoms with van der Waals surface area (Å²) >= 11 is 0. The Morgan fingerprint density at radius 2 is 1.81 bits per heavy atom. The molecule has 5 heteroatoms. The Hall–Kier alpha value is -2.01. The van der Waals surface area contributed by atoms with E-state index >= 15 is 0 Å². The molecule has 1 fully saturated rings. The summed E-state index contributed by atoms with van der Waals surface area (Å²) in [6.45, 7) is 9.63. The topological polar surface area (TPSA) is 47.7 Å². The summed E-state index contributed by atoms with van der Waals surface area (Å²) in [6.07, 6.45) is 5.12. The van der Waals surface area contributed by atoms with E-state index in [1.165, 1.54) is 42.4 Å². The van der Waals surface area contributed by atoms with Crippen LogP contribution < -0.4 is 9.47 Å². The zero-order chi connectivity index (χ0) is 18.6. The van der Waals surface area contributed by atoms with E-state index in [0.717, 1.165) is 36.0 Å². The van der Waals surface area contributed by atoms with Crippen molar-refractivity contribution in [2.24, 2.45) is 0 Å². The van der Waals surface area contributed by atoms with Crippen LogP contribution in [0.1, 0.15) is 66.8 Å². The first-order valence-corrected chi connectivity index (χ1v) is 10.2. The van der Waals surface area contributed by atoms with Gasteiger partial charge in [0.2, 0.25) is 0 Å². The van der Waals surface area contributed by atoms with Gasteiger partial charge in [-0.3, -0.25) is 4.90 Å². The highest BCUT2D eigenvalue weighted by Crippen LogP contribution is 2.52. The van der Waals surface area contributed by atoms with Crippen LogP contribution in [-0.4, -0.2) is 29.8 Å². The Labute approximate surface area is 160 Å². The van der Waals surface area contributed by atoms with E-state index in [4.69, 9.17) is 14.0 Å². The zero-order valence-corrected chi connectivity index (χ0v) is 16.5. The summed E-state index contributed by atoms with van der Waals surface area (Å²) in [4.78, 5) is 2.61. The van der Waals surface area contributed by atoms with E-state index in [1.54, 1.807) is 0 Å². The first-order valence-electron chi connectivity index (χ1n) is 10.2. The van der Waals surface area contributed by atoms with Crippen LogP contribution >= 0.6 is 0 Å². The maximum absolute atomic E-state index is 5.91. The second-order valence-electron chi connectivity index (χ2n) is 8.45. The zero-order valence-electron chi connectivity index (χ0n) is 16.5. The summed E-state index contributed by atoms with van der Waals surface area (Å²) in [5, 5.41) is 4.16. The minimum atomic E-state index is 0.233. The molecule has 2 aliphatic heterocycles. The standard InChI is InChI=1S/C22H28N2O3/c1-14-18(16(3)27-23-14)12-24-13-22(6-4-5-7-22)19-11-21-20(25-8-9-26-21)10-17(19)15(24)2/h10-11,15H,4-9,12-13H2,1-3H3. The van der Waals surface area contributed by atoms with Crippen molar-refractivity contribution in [3.05, 3.63) is 40.3 Å². The molecule has 0 amide bonds. The van der Waals surface area contributed by atoms with E-state index < -0.39 is 0 Å². The molecule has 1 aromatic heterocycles. The van der Waals surface area contributed by atoms with Crippen LogP contribution in [0.2, 0.25) is 0 Å². The summed E-state index contributed by atoms with van der Waals surface area (Å²) in [6, 6.07) is 4.86. The highest BCUT2D eigenvalue weighted by Gasteiger charge is 2.45. The first-order chi connectivity index (χ1) is 13.1. The third-order valence-corrected chi connectivity index (χ3v) is 6.89. The molecule has 5 nitrogen and oxygen atoms in total. The molecular weight excluding hydrogens is 340 g/mol. The lowest BCUT2D eigenvalue weighted by Crippen LogP contribution is -2.45. The first kappa shape index (κ1) is 17.1. The van der Waals surface area contributed by atoms with E-state index in [0.29, 0.717) is 19.3 Å². The Bertz CT molecular complexity index is 847. The molecule has 1 aliphatic carbocycles. The summed E-state index contributed by atoms with van der Waals surface area (Å²) in [5.41, 5.74) is 5.37. The van der Waals surface area contributed by atoms with Gasteiger partial charge in [0.05, 0.1) is 5.69 Å². The molecule has 0 saturated heterocycles. The number of ether oxygens (including phenoxy) is 2. The van der Waals surface area contributed by atoms with Gasteiger partial charge in [-0.15, -0.1) is 0 Å². The van der Waals surface area contributed by atoms with Crippen LogP contribution in [0.4, 0.5) is 0 Å². The van der Waals surface area contributed by atoms with Crippen LogP contribution in [0.5, 0.6) is 11.5 Å². The SMILES string of the molecule is Cc1noc(C)c1CN1CC2(CCCC2)c2cc3c(cc2C1C)OCCO3. The van der Waals surface area contributed by atoms with E-state index in [-0.39, 0.29) is 5.41 Å². The summed E-state index contributed by atoms with van der Waals surface area (Å²) in [5.74, 6) is 2.77. The molecule has 1 spiro atoms. The molecule has 1 aromatic carbocycles. The molecule has 0 N–H and O–H groups in total. The van der Waals surface area contributed by atoms with Gasteiger partial charge in [-0.2, -0.15) is 0 Å². The number of aryl methyl sites for hydroxylation is 2. The highest BCUT2D eigenvalue weighted by molar-refractivity contribution is 5.53. The molecule has 144 valence electrons. The molecule has 27 heavy (non-hydrogen) atoms. The Morgan fingerprint density at radius 3 is 2.48 bits per heavy atom. The Balaban J connectivity index is 1.58. The van der Waals surface area contributed by atoms with Crippen molar-refractivity contribution in [3.8, 4) is 11.5 Å². The third-order valence-electron chi connectivity index (χ3n) is 6.89. The van der Waals surface area contributed by atoms with E-state index in [9.17, 15) is 0 Å². The van der Waals surface area contributed by atoms with Crippen LogP contribution in [0.3, 0.4) is 0 Å². The number of hydrogen-bond acceptors (Lipinski definition) is 5. The molecule has 1 saturated carbocycles. The lowest BCUT2D eigenvalue weighted by Gasteiger charge is -2.46. The van der Waals surface area contributed by atoms with Crippen molar-refractivity contribution in [1.29, 1.82) is 0 Å². The van der Waals surface area contributed by atoms with Gasteiger partial charge < -0.3 is 14.0 Å². The normalized spacial score (nSPS) is 23.6. The Kier molecular flexibility index (Phi) is 3.97.